The van der Waals surface area contributed by atoms with Gasteiger partial charge in [-0.15, -0.1) is 0 Å². The van der Waals surface area contributed by atoms with Gasteiger partial charge in [-0.1, -0.05) is 25.7 Å². The first-order valence-corrected chi connectivity index (χ1v) is 9.08. The van der Waals surface area contributed by atoms with Crippen LogP contribution in [0, 0.1) is 5.92 Å². The van der Waals surface area contributed by atoms with E-state index in [4.69, 9.17) is 0 Å². The van der Waals surface area contributed by atoms with Gasteiger partial charge in [0.15, 0.2) is 9.84 Å². The molecule has 0 amide bonds. The van der Waals surface area contributed by atoms with Gasteiger partial charge in [-0.2, -0.15) is 0 Å². The Morgan fingerprint density at radius 3 is 1.94 bits per heavy atom. The highest BCUT2D eigenvalue weighted by molar-refractivity contribution is 7.92. The lowest BCUT2D eigenvalue weighted by molar-refractivity contribution is -0.0562. The number of hydrogen-bond acceptors (Lipinski definition) is 3. The molecule has 104 valence electrons. The van der Waals surface area contributed by atoms with Gasteiger partial charge >= 0.3 is 0 Å². The van der Waals surface area contributed by atoms with Gasteiger partial charge in [0.25, 0.3) is 0 Å². The fourth-order valence-electron chi connectivity index (χ4n) is 4.46. The van der Waals surface area contributed by atoms with Crippen molar-refractivity contribution in [3.63, 3.8) is 0 Å². The molecule has 3 aliphatic rings. The van der Waals surface area contributed by atoms with Gasteiger partial charge < -0.3 is 5.11 Å². The first-order valence-electron chi connectivity index (χ1n) is 7.47. The van der Waals surface area contributed by atoms with Crippen molar-refractivity contribution in [2.45, 2.75) is 80.3 Å². The van der Waals surface area contributed by atoms with E-state index in [1.807, 2.05) is 0 Å². The Morgan fingerprint density at radius 2 is 1.39 bits per heavy atom. The average Bonchev–Trinajstić information content (AvgIpc) is 2.33. The molecular weight excluding hydrogens is 248 g/mol. The Kier molecular flexibility index (Phi) is 3.22. The van der Waals surface area contributed by atoms with E-state index in [0.717, 1.165) is 32.1 Å². The Bertz CT molecular complexity index is 389. The van der Waals surface area contributed by atoms with Crippen LogP contribution in [0.4, 0.5) is 0 Å². The van der Waals surface area contributed by atoms with Crippen LogP contribution in [0.1, 0.15) is 64.2 Å². The first-order chi connectivity index (χ1) is 8.52. The lowest BCUT2D eigenvalue weighted by atomic mass is 9.71. The molecule has 3 fully saturated rings. The lowest BCUT2D eigenvalue weighted by Crippen LogP contribution is -2.55. The third-order valence-electron chi connectivity index (χ3n) is 5.51. The smallest absolute Gasteiger partial charge is 0.156 e. The fourth-order valence-corrected chi connectivity index (χ4v) is 7.03. The van der Waals surface area contributed by atoms with Crippen LogP contribution in [0.5, 0.6) is 0 Å². The van der Waals surface area contributed by atoms with Crippen LogP contribution in [0.25, 0.3) is 0 Å². The highest BCUT2D eigenvalue weighted by Gasteiger charge is 2.52. The fraction of sp³-hybridized carbons (Fsp3) is 1.00. The van der Waals surface area contributed by atoms with E-state index in [0.29, 0.717) is 18.8 Å². The van der Waals surface area contributed by atoms with E-state index in [-0.39, 0.29) is 10.5 Å². The summed E-state index contributed by atoms with van der Waals surface area (Å²) < 4.78 is 24.5. The van der Waals surface area contributed by atoms with Crippen LogP contribution in [0.3, 0.4) is 0 Å². The Balaban J connectivity index is 1.83. The van der Waals surface area contributed by atoms with Gasteiger partial charge in [-0.05, 0) is 44.4 Å². The Morgan fingerprint density at radius 1 is 0.833 bits per heavy atom. The molecule has 2 unspecified atom stereocenters. The molecular formula is C14H24O3S. The SMILES string of the molecule is O=S1(=O)C2CCCC1CC(O)(C1CCCCC1)C2. The molecule has 0 aromatic carbocycles. The summed E-state index contributed by atoms with van der Waals surface area (Å²) in [7, 11) is -2.94. The maximum atomic E-state index is 12.3. The summed E-state index contributed by atoms with van der Waals surface area (Å²) in [6.45, 7) is 0. The molecule has 2 heterocycles. The molecule has 1 aliphatic carbocycles. The minimum atomic E-state index is -2.94. The van der Waals surface area contributed by atoms with Crippen molar-refractivity contribution in [3.8, 4) is 0 Å². The van der Waals surface area contributed by atoms with Gasteiger partial charge in [0.2, 0.25) is 0 Å². The predicted molar refractivity (Wildman–Crippen MR) is 71.1 cm³/mol. The van der Waals surface area contributed by atoms with Crippen molar-refractivity contribution in [2.24, 2.45) is 5.92 Å². The molecule has 3 rings (SSSR count). The highest BCUT2D eigenvalue weighted by Crippen LogP contribution is 2.47. The Hall–Kier alpha value is -0.0900. The molecule has 2 atom stereocenters. The minimum Gasteiger partial charge on any atom is -0.390 e. The molecule has 3 nitrogen and oxygen atoms in total. The summed E-state index contributed by atoms with van der Waals surface area (Å²) >= 11 is 0. The average molecular weight is 272 g/mol. The van der Waals surface area contributed by atoms with Gasteiger partial charge in [0.1, 0.15) is 0 Å². The largest absolute Gasteiger partial charge is 0.390 e. The van der Waals surface area contributed by atoms with E-state index < -0.39 is 15.4 Å². The molecule has 2 bridgehead atoms. The molecule has 0 aromatic heterocycles. The van der Waals surface area contributed by atoms with Gasteiger partial charge in [-0.25, -0.2) is 8.42 Å². The second-order valence-electron chi connectivity index (χ2n) is 6.61. The third-order valence-corrected chi connectivity index (χ3v) is 8.17. The van der Waals surface area contributed by atoms with Crippen LogP contribution in [-0.2, 0) is 9.84 Å². The zero-order valence-corrected chi connectivity index (χ0v) is 11.8. The maximum absolute atomic E-state index is 12.3. The van der Waals surface area contributed by atoms with Crippen molar-refractivity contribution >= 4 is 9.84 Å². The van der Waals surface area contributed by atoms with Crippen molar-refractivity contribution < 1.29 is 13.5 Å². The molecule has 1 saturated carbocycles. The van der Waals surface area contributed by atoms with E-state index >= 15 is 0 Å². The van der Waals surface area contributed by atoms with Crippen molar-refractivity contribution in [2.75, 3.05) is 0 Å². The normalized spacial score (nSPS) is 44.7. The number of fused-ring (bicyclic) bond motifs is 2. The molecule has 2 saturated heterocycles. The highest BCUT2D eigenvalue weighted by atomic mass is 32.2. The van der Waals surface area contributed by atoms with Gasteiger partial charge in [0.05, 0.1) is 16.1 Å². The van der Waals surface area contributed by atoms with Gasteiger partial charge in [-0.3, -0.25) is 0 Å². The number of sulfone groups is 1. The molecule has 2 aliphatic heterocycles. The minimum absolute atomic E-state index is 0.253. The summed E-state index contributed by atoms with van der Waals surface area (Å²) in [4.78, 5) is 0. The monoisotopic (exact) mass is 272 g/mol. The topological polar surface area (TPSA) is 54.4 Å². The molecule has 4 heteroatoms. The van der Waals surface area contributed by atoms with Crippen LogP contribution in [0.2, 0.25) is 0 Å². The quantitative estimate of drug-likeness (QED) is 0.797. The van der Waals surface area contributed by atoms with E-state index in [1.54, 1.807) is 0 Å². The standard InChI is InChI=1S/C14H24O3S/c15-14(11-5-2-1-3-6-11)9-12-7-4-8-13(10-14)18(12,16)17/h11-13,15H,1-10H2. The second-order valence-corrected chi connectivity index (χ2v) is 9.12. The van der Waals surface area contributed by atoms with Crippen molar-refractivity contribution in [3.05, 3.63) is 0 Å². The van der Waals surface area contributed by atoms with E-state index in [1.165, 1.54) is 19.3 Å². The summed E-state index contributed by atoms with van der Waals surface area (Å²) in [5, 5.41) is 10.5. The van der Waals surface area contributed by atoms with Crippen molar-refractivity contribution in [1.82, 2.24) is 0 Å². The Labute approximate surface area is 110 Å². The molecule has 0 radical (unpaired) electrons. The summed E-state index contributed by atoms with van der Waals surface area (Å²) in [5.74, 6) is 0.352. The third kappa shape index (κ3) is 2.01. The van der Waals surface area contributed by atoms with E-state index in [9.17, 15) is 13.5 Å². The van der Waals surface area contributed by atoms with Crippen LogP contribution >= 0.6 is 0 Å². The van der Waals surface area contributed by atoms with Gasteiger partial charge in [0, 0.05) is 0 Å². The predicted octanol–water partition coefficient (Wildman–Crippen LogP) is 2.43. The summed E-state index contributed by atoms with van der Waals surface area (Å²) in [6.07, 6.45) is 9.46. The number of aliphatic hydroxyl groups is 1. The molecule has 1 N–H and O–H groups in total. The van der Waals surface area contributed by atoms with E-state index in [2.05, 4.69) is 0 Å². The zero-order valence-electron chi connectivity index (χ0n) is 11.0. The summed E-state index contributed by atoms with van der Waals surface area (Å²) in [5.41, 5.74) is -0.679. The van der Waals surface area contributed by atoms with Crippen LogP contribution in [0.15, 0.2) is 0 Å². The number of rotatable bonds is 1. The van der Waals surface area contributed by atoms with Crippen molar-refractivity contribution in [1.29, 1.82) is 0 Å². The molecule has 18 heavy (non-hydrogen) atoms. The molecule has 0 spiro atoms. The first kappa shape index (κ1) is 12.9. The lowest BCUT2D eigenvalue weighted by Gasteiger charge is -2.48. The second kappa shape index (κ2) is 4.48. The zero-order chi connectivity index (χ0) is 12.8. The molecule has 0 aromatic rings. The van der Waals surface area contributed by atoms with Crippen LogP contribution in [-0.4, -0.2) is 29.6 Å². The van der Waals surface area contributed by atoms with Crippen LogP contribution < -0.4 is 0 Å². The number of hydrogen-bond donors (Lipinski definition) is 1. The summed E-state index contributed by atoms with van der Waals surface area (Å²) in [6, 6.07) is 0. The maximum Gasteiger partial charge on any atom is 0.156 e.